The summed E-state index contributed by atoms with van der Waals surface area (Å²) < 4.78 is 6.04. The standard InChI is InChI=1S/C14H24N2OS/c1-3-9-15-10-12-11-18-13(16-12)14(17-4-2)7-5-6-8-14/h11,15H,3-10H2,1-2H3. The number of nitrogens with zero attached hydrogens (tertiary/aromatic N) is 1. The normalized spacial score (nSPS) is 18.3. The summed E-state index contributed by atoms with van der Waals surface area (Å²) in [4.78, 5) is 4.79. The predicted octanol–water partition coefficient (Wildman–Crippen LogP) is 3.45. The van der Waals surface area contributed by atoms with Crippen molar-refractivity contribution in [2.75, 3.05) is 13.2 Å². The third-order valence-corrected chi connectivity index (χ3v) is 4.58. The van der Waals surface area contributed by atoms with E-state index in [4.69, 9.17) is 9.72 Å². The highest BCUT2D eigenvalue weighted by atomic mass is 32.1. The van der Waals surface area contributed by atoms with Crippen LogP contribution in [0, 0.1) is 0 Å². The molecule has 1 aliphatic rings. The Bertz CT molecular complexity index is 358. The van der Waals surface area contributed by atoms with Crippen molar-refractivity contribution in [3.63, 3.8) is 0 Å². The lowest BCUT2D eigenvalue weighted by Gasteiger charge is -2.26. The lowest BCUT2D eigenvalue weighted by atomic mass is 10.0. The van der Waals surface area contributed by atoms with Gasteiger partial charge in [-0.25, -0.2) is 4.98 Å². The molecule has 0 atom stereocenters. The van der Waals surface area contributed by atoms with E-state index >= 15 is 0 Å². The highest BCUT2D eigenvalue weighted by Crippen LogP contribution is 2.43. The van der Waals surface area contributed by atoms with E-state index in [1.54, 1.807) is 11.3 Å². The van der Waals surface area contributed by atoms with Crippen molar-refractivity contribution >= 4 is 11.3 Å². The highest BCUT2D eigenvalue weighted by Gasteiger charge is 2.38. The van der Waals surface area contributed by atoms with Crippen LogP contribution in [0.1, 0.15) is 56.7 Å². The maximum atomic E-state index is 6.04. The first kappa shape index (κ1) is 14.0. The molecule has 1 saturated carbocycles. The molecule has 3 nitrogen and oxygen atoms in total. The molecule has 0 radical (unpaired) electrons. The molecular weight excluding hydrogens is 244 g/mol. The first-order valence-corrected chi connectivity index (χ1v) is 7.98. The zero-order valence-corrected chi connectivity index (χ0v) is 12.3. The smallest absolute Gasteiger partial charge is 0.125 e. The van der Waals surface area contributed by atoms with Crippen LogP contribution in [0.15, 0.2) is 5.38 Å². The van der Waals surface area contributed by atoms with Crippen molar-refractivity contribution in [1.29, 1.82) is 0 Å². The van der Waals surface area contributed by atoms with Gasteiger partial charge in [-0.1, -0.05) is 19.8 Å². The molecule has 1 fully saturated rings. The Labute approximate surface area is 114 Å². The first-order valence-electron chi connectivity index (χ1n) is 7.10. The molecule has 2 rings (SSSR count). The van der Waals surface area contributed by atoms with Gasteiger partial charge in [0.25, 0.3) is 0 Å². The Morgan fingerprint density at radius 2 is 2.17 bits per heavy atom. The SMILES string of the molecule is CCCNCc1csc(C2(OCC)CCCC2)n1. The molecule has 4 heteroatoms. The molecule has 1 N–H and O–H groups in total. The lowest BCUT2D eigenvalue weighted by Crippen LogP contribution is -2.26. The van der Waals surface area contributed by atoms with E-state index in [0.29, 0.717) is 0 Å². The first-order chi connectivity index (χ1) is 8.80. The van der Waals surface area contributed by atoms with Gasteiger partial charge in [0.15, 0.2) is 0 Å². The summed E-state index contributed by atoms with van der Waals surface area (Å²) in [6.45, 7) is 6.98. The second-order valence-electron chi connectivity index (χ2n) is 4.96. The van der Waals surface area contributed by atoms with Crippen LogP contribution in [0.4, 0.5) is 0 Å². The molecule has 1 aliphatic carbocycles. The van der Waals surface area contributed by atoms with Gasteiger partial charge >= 0.3 is 0 Å². The molecule has 0 saturated heterocycles. The summed E-state index contributed by atoms with van der Waals surface area (Å²) in [5.74, 6) is 0. The van der Waals surface area contributed by atoms with Gasteiger partial charge in [-0.3, -0.25) is 0 Å². The minimum Gasteiger partial charge on any atom is -0.368 e. The molecule has 102 valence electrons. The van der Waals surface area contributed by atoms with E-state index in [2.05, 4.69) is 24.5 Å². The van der Waals surface area contributed by atoms with Crippen LogP contribution in [-0.2, 0) is 16.9 Å². The van der Waals surface area contributed by atoms with E-state index in [-0.39, 0.29) is 5.60 Å². The van der Waals surface area contributed by atoms with Crippen molar-refractivity contribution in [2.24, 2.45) is 0 Å². The summed E-state index contributed by atoms with van der Waals surface area (Å²) in [7, 11) is 0. The summed E-state index contributed by atoms with van der Waals surface area (Å²) in [6.07, 6.45) is 5.97. The Morgan fingerprint density at radius 1 is 1.39 bits per heavy atom. The fourth-order valence-corrected chi connectivity index (χ4v) is 3.66. The van der Waals surface area contributed by atoms with Crippen molar-refractivity contribution in [3.05, 3.63) is 16.1 Å². The Kier molecular flexibility index (Phi) is 5.15. The van der Waals surface area contributed by atoms with Crippen LogP contribution in [0.25, 0.3) is 0 Å². The molecule has 0 aromatic carbocycles. The number of hydrogen-bond donors (Lipinski definition) is 1. The van der Waals surface area contributed by atoms with Crippen molar-refractivity contribution in [1.82, 2.24) is 10.3 Å². The number of aromatic nitrogens is 1. The molecule has 1 heterocycles. The van der Waals surface area contributed by atoms with Gasteiger partial charge < -0.3 is 10.1 Å². The van der Waals surface area contributed by atoms with E-state index in [0.717, 1.165) is 38.2 Å². The molecule has 1 aromatic rings. The molecule has 1 aromatic heterocycles. The monoisotopic (exact) mass is 268 g/mol. The topological polar surface area (TPSA) is 34.1 Å². The fourth-order valence-electron chi connectivity index (χ4n) is 2.63. The highest BCUT2D eigenvalue weighted by molar-refractivity contribution is 7.09. The predicted molar refractivity (Wildman–Crippen MR) is 75.9 cm³/mol. The zero-order valence-electron chi connectivity index (χ0n) is 11.5. The largest absolute Gasteiger partial charge is 0.368 e. The van der Waals surface area contributed by atoms with Crippen LogP contribution < -0.4 is 5.32 Å². The van der Waals surface area contributed by atoms with E-state index in [1.807, 2.05) is 0 Å². The van der Waals surface area contributed by atoms with Gasteiger partial charge in [-0.15, -0.1) is 11.3 Å². The van der Waals surface area contributed by atoms with Gasteiger partial charge in [-0.2, -0.15) is 0 Å². The van der Waals surface area contributed by atoms with Gasteiger partial charge in [0.05, 0.1) is 5.69 Å². The number of nitrogens with one attached hydrogen (secondary N) is 1. The second kappa shape index (κ2) is 6.64. The van der Waals surface area contributed by atoms with Gasteiger partial charge in [0.2, 0.25) is 0 Å². The Morgan fingerprint density at radius 3 is 2.83 bits per heavy atom. The number of rotatable bonds is 7. The van der Waals surface area contributed by atoms with Gasteiger partial charge in [0.1, 0.15) is 10.6 Å². The lowest BCUT2D eigenvalue weighted by molar-refractivity contribution is -0.0392. The summed E-state index contributed by atoms with van der Waals surface area (Å²) in [5.41, 5.74) is 1.09. The van der Waals surface area contributed by atoms with E-state index in [1.165, 1.54) is 24.3 Å². The van der Waals surface area contributed by atoms with Crippen LogP contribution in [0.3, 0.4) is 0 Å². The average Bonchev–Trinajstić information content (AvgIpc) is 2.99. The fraction of sp³-hybridized carbons (Fsp3) is 0.786. The number of ether oxygens (including phenoxy) is 1. The van der Waals surface area contributed by atoms with Crippen LogP contribution in [-0.4, -0.2) is 18.1 Å². The van der Waals surface area contributed by atoms with E-state index in [9.17, 15) is 0 Å². The maximum absolute atomic E-state index is 6.04. The third kappa shape index (κ3) is 3.11. The van der Waals surface area contributed by atoms with Gasteiger partial charge in [-0.05, 0) is 32.7 Å². The summed E-state index contributed by atoms with van der Waals surface area (Å²) in [6, 6.07) is 0. The third-order valence-electron chi connectivity index (χ3n) is 3.51. The van der Waals surface area contributed by atoms with Crippen LogP contribution in [0.5, 0.6) is 0 Å². The quantitative estimate of drug-likeness (QED) is 0.769. The molecule has 0 unspecified atom stereocenters. The number of thiazole rings is 1. The van der Waals surface area contributed by atoms with Crippen molar-refractivity contribution < 1.29 is 4.74 Å². The molecule has 0 spiro atoms. The summed E-state index contributed by atoms with van der Waals surface area (Å²) >= 11 is 1.77. The average molecular weight is 268 g/mol. The second-order valence-corrected chi connectivity index (χ2v) is 5.81. The summed E-state index contributed by atoms with van der Waals surface area (Å²) in [5, 5.41) is 6.77. The maximum Gasteiger partial charge on any atom is 0.125 e. The zero-order chi connectivity index (χ0) is 12.8. The minimum absolute atomic E-state index is 0.0670. The molecule has 0 aliphatic heterocycles. The van der Waals surface area contributed by atoms with Crippen LogP contribution in [0.2, 0.25) is 0 Å². The minimum atomic E-state index is -0.0670. The number of hydrogen-bond acceptors (Lipinski definition) is 4. The van der Waals surface area contributed by atoms with E-state index < -0.39 is 0 Å². The Balaban J connectivity index is 2.02. The molecule has 18 heavy (non-hydrogen) atoms. The van der Waals surface area contributed by atoms with Gasteiger partial charge in [0, 0.05) is 18.5 Å². The van der Waals surface area contributed by atoms with Crippen LogP contribution >= 0.6 is 11.3 Å². The Hall–Kier alpha value is -0.450. The van der Waals surface area contributed by atoms with Crippen molar-refractivity contribution in [2.45, 2.75) is 58.1 Å². The molecule has 0 amide bonds. The molecular formula is C14H24N2OS. The van der Waals surface area contributed by atoms with Crippen molar-refractivity contribution in [3.8, 4) is 0 Å². The molecule has 0 bridgehead atoms.